The molecular weight excluding hydrogens is 781 g/mol. The van der Waals surface area contributed by atoms with Crippen LogP contribution in [-0.4, -0.2) is 10.6 Å². The van der Waals surface area contributed by atoms with Gasteiger partial charge >= 0.3 is 0 Å². The highest BCUT2D eigenvalue weighted by Gasteiger charge is 2.20. The van der Waals surface area contributed by atoms with Gasteiger partial charge in [-0.3, -0.25) is 0 Å². The van der Waals surface area contributed by atoms with E-state index in [1.165, 1.54) is 54.9 Å². The molecule has 0 aliphatic rings. The molecule has 0 aromatic heterocycles. The highest BCUT2D eigenvalue weighted by molar-refractivity contribution is 8.22. The maximum absolute atomic E-state index is 6.52. The molecule has 0 aliphatic carbocycles. The number of nitrogens with zero attached hydrogens (tertiary/aromatic N) is 2. The number of thiocarbonyl (C=S) groups is 1. The summed E-state index contributed by atoms with van der Waals surface area (Å²) in [7, 11) is 0. The van der Waals surface area contributed by atoms with Crippen LogP contribution in [-0.2, 0) is 11.2 Å². The van der Waals surface area contributed by atoms with Crippen molar-refractivity contribution in [3.05, 3.63) is 230 Å². The van der Waals surface area contributed by atoms with Crippen LogP contribution in [0.25, 0.3) is 43.1 Å². The molecule has 0 saturated carbocycles. The molecule has 0 heterocycles. The Bertz CT molecular complexity index is 3020. The summed E-state index contributed by atoms with van der Waals surface area (Å²) in [5.74, 6) is 0. The minimum atomic E-state index is -0.272. The van der Waals surface area contributed by atoms with Crippen LogP contribution < -0.4 is 9.80 Å². The zero-order valence-electron chi connectivity index (χ0n) is 33.7. The van der Waals surface area contributed by atoms with Crippen LogP contribution in [0.4, 0.5) is 34.1 Å². The topological polar surface area (TPSA) is 15.7 Å². The average molecular weight is 823 g/mol. The molecule has 3 nitrogen and oxygen atoms in total. The number of fused-ring (bicyclic) bond motifs is 4. The second kappa shape index (κ2) is 17.0. The van der Waals surface area contributed by atoms with Crippen LogP contribution in [0, 0.1) is 0 Å². The molecule has 10 aromatic carbocycles. The normalized spacial score (nSPS) is 11.8. The largest absolute Gasteiger partial charge is 0.470 e. The fourth-order valence-corrected chi connectivity index (χ4v) is 8.71. The molecule has 0 aliphatic heterocycles. The lowest BCUT2D eigenvalue weighted by molar-refractivity contribution is 0.205. The van der Waals surface area contributed by atoms with Crippen molar-refractivity contribution in [3.63, 3.8) is 0 Å². The second-order valence-electron chi connectivity index (χ2n) is 15.3. The van der Waals surface area contributed by atoms with Gasteiger partial charge in [0.1, 0.15) is 6.10 Å². The fraction of sp³-hybridized carbons (Fsp3) is 0.0536. The van der Waals surface area contributed by atoms with Crippen LogP contribution in [0.2, 0.25) is 0 Å². The summed E-state index contributed by atoms with van der Waals surface area (Å²) in [4.78, 5) is 4.68. The van der Waals surface area contributed by atoms with Crippen LogP contribution in [0.3, 0.4) is 0 Å². The first-order chi connectivity index (χ1) is 30.1. The summed E-state index contributed by atoms with van der Waals surface area (Å²) in [5, 5.41) is 9.68. The number of rotatable bonds is 10. The van der Waals surface area contributed by atoms with E-state index < -0.39 is 0 Å². The Morgan fingerprint density at radius 1 is 0.410 bits per heavy atom. The molecule has 0 spiro atoms. The maximum Gasteiger partial charge on any atom is 0.220 e. The summed E-state index contributed by atoms with van der Waals surface area (Å²) >= 11 is 7.14. The lowest BCUT2D eigenvalue weighted by Gasteiger charge is -2.27. The molecule has 0 bridgehead atoms. The fourth-order valence-electron chi connectivity index (χ4n) is 8.38. The van der Waals surface area contributed by atoms with E-state index in [-0.39, 0.29) is 6.10 Å². The molecule has 1 atom stereocenters. The van der Waals surface area contributed by atoms with Gasteiger partial charge in [0.2, 0.25) is 4.38 Å². The third kappa shape index (κ3) is 8.06. The third-order valence-electron chi connectivity index (χ3n) is 11.5. The monoisotopic (exact) mass is 822 g/mol. The van der Waals surface area contributed by atoms with E-state index in [9.17, 15) is 0 Å². The molecule has 294 valence electrons. The Hall–Kier alpha value is -6.92. The van der Waals surface area contributed by atoms with E-state index in [0.717, 1.165) is 45.3 Å². The summed E-state index contributed by atoms with van der Waals surface area (Å²) in [6, 6.07) is 78.5. The Morgan fingerprint density at radius 3 is 1.07 bits per heavy atom. The lowest BCUT2D eigenvalue weighted by Crippen LogP contribution is -2.13. The second-order valence-corrected chi connectivity index (χ2v) is 16.7. The van der Waals surface area contributed by atoms with Gasteiger partial charge in [-0.2, -0.15) is 0 Å². The number of hydrogen-bond donors (Lipinski definition) is 0. The highest BCUT2D eigenvalue weighted by atomic mass is 32.2. The molecule has 5 heteroatoms. The van der Waals surface area contributed by atoms with Crippen molar-refractivity contribution in [2.75, 3.05) is 16.1 Å². The zero-order chi connectivity index (χ0) is 41.1. The predicted octanol–water partition coefficient (Wildman–Crippen LogP) is 16.2. The van der Waals surface area contributed by atoms with Gasteiger partial charge in [0.05, 0.1) is 0 Å². The molecule has 61 heavy (non-hydrogen) atoms. The Labute approximate surface area is 366 Å². The molecular formula is C56H42N2OS2. The average Bonchev–Trinajstić information content (AvgIpc) is 3.32. The highest BCUT2D eigenvalue weighted by Crippen LogP contribution is 2.40. The number of thioether (sulfide) groups is 1. The molecule has 0 saturated heterocycles. The molecule has 1 unspecified atom stereocenters. The SMILES string of the molecule is CSC(=S)OC(Cc1ccc(N(c2ccc3ccccc3c2)c2ccc3ccccc3c2)cc1)c1ccc(N(c2ccc3ccccc3c2)c2ccc3ccccc3c2)cc1. The van der Waals surface area contributed by atoms with Gasteiger partial charge in [0, 0.05) is 40.5 Å². The van der Waals surface area contributed by atoms with Crippen molar-refractivity contribution in [1.82, 2.24) is 0 Å². The zero-order valence-corrected chi connectivity index (χ0v) is 35.3. The minimum absolute atomic E-state index is 0.272. The van der Waals surface area contributed by atoms with Gasteiger partial charge in [-0.25, -0.2) is 0 Å². The molecule has 0 fully saturated rings. The van der Waals surface area contributed by atoms with Gasteiger partial charge in [0.25, 0.3) is 0 Å². The van der Waals surface area contributed by atoms with Gasteiger partial charge < -0.3 is 14.5 Å². The van der Waals surface area contributed by atoms with Crippen molar-refractivity contribution < 1.29 is 4.74 Å². The number of anilines is 6. The quantitative estimate of drug-likeness (QED) is 0.127. The Kier molecular flexibility index (Phi) is 10.7. The van der Waals surface area contributed by atoms with Gasteiger partial charge in [-0.05, 0) is 145 Å². The molecule has 10 aromatic rings. The van der Waals surface area contributed by atoms with E-state index in [4.69, 9.17) is 17.0 Å². The lowest BCUT2D eigenvalue weighted by atomic mass is 9.99. The predicted molar refractivity (Wildman–Crippen MR) is 266 cm³/mol. The van der Waals surface area contributed by atoms with Crippen LogP contribution in [0.15, 0.2) is 218 Å². The first-order valence-corrected chi connectivity index (χ1v) is 22.2. The Morgan fingerprint density at radius 2 is 0.721 bits per heavy atom. The third-order valence-corrected chi connectivity index (χ3v) is 12.5. The van der Waals surface area contributed by atoms with Crippen molar-refractivity contribution in [1.29, 1.82) is 0 Å². The van der Waals surface area contributed by atoms with Crippen LogP contribution >= 0.6 is 24.0 Å². The van der Waals surface area contributed by atoms with Gasteiger partial charge in [-0.15, -0.1) is 0 Å². The summed E-state index contributed by atoms with van der Waals surface area (Å²) in [6.07, 6.45) is 2.36. The van der Waals surface area contributed by atoms with Crippen molar-refractivity contribution in [3.8, 4) is 0 Å². The number of hydrogen-bond acceptors (Lipinski definition) is 5. The maximum atomic E-state index is 6.52. The summed E-state index contributed by atoms with van der Waals surface area (Å²) in [6.45, 7) is 0. The van der Waals surface area contributed by atoms with Crippen LogP contribution in [0.1, 0.15) is 17.2 Å². The number of ether oxygens (including phenoxy) is 1. The van der Waals surface area contributed by atoms with Crippen molar-refractivity contribution in [2.24, 2.45) is 0 Å². The minimum Gasteiger partial charge on any atom is -0.470 e. The van der Waals surface area contributed by atoms with Crippen LogP contribution in [0.5, 0.6) is 0 Å². The first-order valence-electron chi connectivity index (χ1n) is 20.6. The van der Waals surface area contributed by atoms with E-state index in [0.29, 0.717) is 10.8 Å². The van der Waals surface area contributed by atoms with Gasteiger partial charge in [-0.1, -0.05) is 157 Å². The Balaban J connectivity index is 0.980. The summed E-state index contributed by atoms with van der Waals surface area (Å²) < 4.78 is 7.05. The summed E-state index contributed by atoms with van der Waals surface area (Å²) in [5.41, 5.74) is 8.78. The molecule has 10 rings (SSSR count). The van der Waals surface area contributed by atoms with Crippen molar-refractivity contribution >= 4 is 106 Å². The van der Waals surface area contributed by atoms with Gasteiger partial charge in [0.15, 0.2) is 0 Å². The molecule has 0 radical (unpaired) electrons. The molecule has 0 amide bonds. The van der Waals surface area contributed by atoms with E-state index in [1.807, 2.05) is 6.26 Å². The standard InChI is InChI=1S/C56H42N2OS2/c1-61-56(60)59-55(44-24-28-50(29-25-44)58(53-32-22-42-12-4-8-16-47(42)37-53)54-33-23-43-13-5-9-17-48(43)38-54)34-39-18-26-49(27-19-39)57(51-30-20-40-10-2-6-14-45(40)35-51)52-31-21-41-11-3-7-15-46(41)36-52/h2-33,35-38,55H,34H2,1H3. The van der Waals surface area contributed by atoms with E-state index in [2.05, 4.69) is 228 Å². The number of benzene rings is 10. The van der Waals surface area contributed by atoms with E-state index in [1.54, 1.807) is 0 Å². The first kappa shape index (κ1) is 38.3. The molecule has 0 N–H and O–H groups in total. The van der Waals surface area contributed by atoms with E-state index >= 15 is 0 Å². The van der Waals surface area contributed by atoms with Crippen molar-refractivity contribution in [2.45, 2.75) is 12.5 Å². The smallest absolute Gasteiger partial charge is 0.220 e.